The molecule has 0 aromatic heterocycles. The Hall–Kier alpha value is -1.40. The number of hydrogen-bond acceptors (Lipinski definition) is 4. The van der Waals surface area contributed by atoms with E-state index in [4.69, 9.17) is 4.74 Å². The number of nitrogens with zero attached hydrogens (tertiary/aromatic N) is 1. The molecule has 1 aromatic carbocycles. The summed E-state index contributed by atoms with van der Waals surface area (Å²) in [5, 5.41) is 0. The van der Waals surface area contributed by atoms with Gasteiger partial charge >= 0.3 is 5.97 Å². The Kier molecular flexibility index (Phi) is 5.36. The molecule has 1 aliphatic heterocycles. The molecule has 1 heterocycles. The number of methoxy groups -OCH3 is 1. The predicted molar refractivity (Wildman–Crippen MR) is 81.2 cm³/mol. The number of ether oxygens (including phenoxy) is 2. The number of aryl methyl sites for hydroxylation is 1. The summed E-state index contributed by atoms with van der Waals surface area (Å²) in [6.45, 7) is 3.33. The number of benzene rings is 1. The number of carbonyl (C=O) groups is 2. The van der Waals surface area contributed by atoms with Crippen molar-refractivity contribution in [2.45, 2.75) is 19.4 Å². The highest BCUT2D eigenvalue weighted by Gasteiger charge is 2.27. The van der Waals surface area contributed by atoms with Crippen LogP contribution in [0.1, 0.15) is 22.3 Å². The van der Waals surface area contributed by atoms with Gasteiger partial charge in [-0.15, -0.1) is 0 Å². The Morgan fingerprint density at radius 3 is 2.90 bits per heavy atom. The molecule has 5 nitrogen and oxygen atoms in total. The maximum Gasteiger partial charge on any atom is 0.308 e. The fourth-order valence-corrected chi connectivity index (χ4v) is 2.58. The maximum atomic E-state index is 12.5. The van der Waals surface area contributed by atoms with E-state index in [0.29, 0.717) is 25.3 Å². The second-order valence-corrected chi connectivity index (χ2v) is 5.84. The Balaban J connectivity index is 2.04. The molecule has 2 rings (SSSR count). The van der Waals surface area contributed by atoms with Crippen LogP contribution in [0.3, 0.4) is 0 Å². The zero-order chi connectivity index (χ0) is 15.4. The number of hydrogen-bond donors (Lipinski definition) is 0. The Morgan fingerprint density at radius 1 is 1.48 bits per heavy atom. The van der Waals surface area contributed by atoms with Crippen molar-refractivity contribution in [1.29, 1.82) is 0 Å². The molecule has 21 heavy (non-hydrogen) atoms. The van der Waals surface area contributed by atoms with Gasteiger partial charge in [-0.1, -0.05) is 22.0 Å². The van der Waals surface area contributed by atoms with Crippen LogP contribution < -0.4 is 0 Å². The van der Waals surface area contributed by atoms with Crippen LogP contribution in [0, 0.1) is 6.92 Å². The molecule has 0 N–H and O–H groups in total. The summed E-state index contributed by atoms with van der Waals surface area (Å²) < 4.78 is 11.0. The van der Waals surface area contributed by atoms with E-state index >= 15 is 0 Å². The second-order valence-electron chi connectivity index (χ2n) is 4.99. The van der Waals surface area contributed by atoms with Gasteiger partial charge in [0.05, 0.1) is 26.2 Å². The van der Waals surface area contributed by atoms with E-state index in [1.807, 2.05) is 25.1 Å². The zero-order valence-corrected chi connectivity index (χ0v) is 13.7. The SMILES string of the molecule is COC(=O)CC1CN(C(=O)c2ccc(C)c(Br)c2)CCO1. The summed E-state index contributed by atoms with van der Waals surface area (Å²) >= 11 is 3.44. The van der Waals surface area contributed by atoms with Crippen LogP contribution in [0.2, 0.25) is 0 Å². The van der Waals surface area contributed by atoms with E-state index in [2.05, 4.69) is 20.7 Å². The molecule has 0 radical (unpaired) electrons. The van der Waals surface area contributed by atoms with Gasteiger partial charge in [0.1, 0.15) is 0 Å². The fraction of sp³-hybridized carbons (Fsp3) is 0.467. The molecule has 0 aliphatic carbocycles. The molecular weight excluding hydrogens is 338 g/mol. The number of morpholine rings is 1. The van der Waals surface area contributed by atoms with Crippen LogP contribution in [-0.4, -0.2) is 49.7 Å². The molecule has 1 saturated heterocycles. The lowest BCUT2D eigenvalue weighted by molar-refractivity contribution is -0.145. The third-order valence-corrected chi connectivity index (χ3v) is 4.32. The number of halogens is 1. The summed E-state index contributed by atoms with van der Waals surface area (Å²) in [6.07, 6.45) is -0.137. The molecule has 1 atom stereocenters. The van der Waals surface area contributed by atoms with Crippen molar-refractivity contribution < 1.29 is 19.1 Å². The van der Waals surface area contributed by atoms with E-state index in [1.165, 1.54) is 7.11 Å². The minimum absolute atomic E-state index is 0.0473. The van der Waals surface area contributed by atoms with Crippen LogP contribution in [0.15, 0.2) is 22.7 Å². The largest absolute Gasteiger partial charge is 0.469 e. The number of carbonyl (C=O) groups excluding carboxylic acids is 2. The Labute approximate surface area is 132 Å². The minimum Gasteiger partial charge on any atom is -0.469 e. The van der Waals surface area contributed by atoms with Crippen molar-refractivity contribution in [2.24, 2.45) is 0 Å². The number of rotatable bonds is 3. The van der Waals surface area contributed by atoms with Crippen LogP contribution in [-0.2, 0) is 14.3 Å². The van der Waals surface area contributed by atoms with Gasteiger partial charge in [-0.2, -0.15) is 0 Å². The van der Waals surface area contributed by atoms with E-state index in [9.17, 15) is 9.59 Å². The molecule has 0 saturated carbocycles. The van der Waals surface area contributed by atoms with Gasteiger partial charge in [-0.25, -0.2) is 0 Å². The smallest absolute Gasteiger partial charge is 0.308 e. The molecule has 1 amide bonds. The fourth-order valence-electron chi connectivity index (χ4n) is 2.20. The minimum atomic E-state index is -0.327. The predicted octanol–water partition coefficient (Wildman–Crippen LogP) is 2.16. The average molecular weight is 356 g/mol. The van der Waals surface area contributed by atoms with Gasteiger partial charge in [0.2, 0.25) is 0 Å². The molecule has 0 bridgehead atoms. The van der Waals surface area contributed by atoms with Crippen molar-refractivity contribution in [1.82, 2.24) is 4.90 Å². The first-order valence-electron chi connectivity index (χ1n) is 6.75. The summed E-state index contributed by atoms with van der Waals surface area (Å²) in [4.78, 5) is 25.5. The summed E-state index contributed by atoms with van der Waals surface area (Å²) in [5.41, 5.74) is 1.71. The standard InChI is InChI=1S/C15H18BrNO4/c1-10-3-4-11(7-13(10)16)15(19)17-5-6-21-12(9-17)8-14(18)20-2/h3-4,7,12H,5-6,8-9H2,1-2H3. The molecule has 0 spiro atoms. The quantitative estimate of drug-likeness (QED) is 0.779. The molecular formula is C15H18BrNO4. The third kappa shape index (κ3) is 4.04. The van der Waals surface area contributed by atoms with Gasteiger partial charge in [0.25, 0.3) is 5.91 Å². The van der Waals surface area contributed by atoms with Crippen molar-refractivity contribution >= 4 is 27.8 Å². The summed E-state index contributed by atoms with van der Waals surface area (Å²) in [6, 6.07) is 5.54. The molecule has 1 aromatic rings. The van der Waals surface area contributed by atoms with Gasteiger partial charge in [0, 0.05) is 23.1 Å². The Bertz CT molecular complexity index is 546. The molecule has 114 valence electrons. The molecule has 1 unspecified atom stereocenters. The number of amides is 1. The topological polar surface area (TPSA) is 55.8 Å². The summed E-state index contributed by atoms with van der Waals surface area (Å²) in [7, 11) is 1.35. The first-order chi connectivity index (χ1) is 10.0. The average Bonchev–Trinajstić information content (AvgIpc) is 2.49. The highest BCUT2D eigenvalue weighted by atomic mass is 79.9. The van der Waals surface area contributed by atoms with Gasteiger partial charge < -0.3 is 14.4 Å². The Morgan fingerprint density at radius 2 is 2.24 bits per heavy atom. The lowest BCUT2D eigenvalue weighted by Crippen LogP contribution is -2.46. The van der Waals surface area contributed by atoms with Crippen molar-refractivity contribution in [3.63, 3.8) is 0 Å². The molecule has 1 aliphatic rings. The zero-order valence-electron chi connectivity index (χ0n) is 12.1. The lowest BCUT2D eigenvalue weighted by atomic mass is 10.1. The normalized spacial score (nSPS) is 18.4. The first kappa shape index (κ1) is 16.0. The monoisotopic (exact) mass is 355 g/mol. The number of esters is 1. The summed E-state index contributed by atoms with van der Waals surface area (Å²) in [5.74, 6) is -0.374. The van der Waals surface area contributed by atoms with Crippen molar-refractivity contribution in [2.75, 3.05) is 26.8 Å². The molecule has 1 fully saturated rings. The maximum absolute atomic E-state index is 12.5. The third-order valence-electron chi connectivity index (χ3n) is 3.47. The van der Waals surface area contributed by atoms with Crippen molar-refractivity contribution in [3.05, 3.63) is 33.8 Å². The van der Waals surface area contributed by atoms with Crippen LogP contribution >= 0.6 is 15.9 Å². The van der Waals surface area contributed by atoms with Gasteiger partial charge in [-0.3, -0.25) is 9.59 Å². The molecule has 6 heteroatoms. The van der Waals surface area contributed by atoms with E-state index < -0.39 is 0 Å². The van der Waals surface area contributed by atoms with E-state index in [1.54, 1.807) is 4.90 Å². The van der Waals surface area contributed by atoms with Crippen molar-refractivity contribution in [3.8, 4) is 0 Å². The lowest BCUT2D eigenvalue weighted by Gasteiger charge is -2.32. The van der Waals surface area contributed by atoms with Crippen LogP contribution in [0.5, 0.6) is 0 Å². The van der Waals surface area contributed by atoms with Crippen LogP contribution in [0.4, 0.5) is 0 Å². The van der Waals surface area contributed by atoms with E-state index in [-0.39, 0.29) is 24.4 Å². The van der Waals surface area contributed by atoms with E-state index in [0.717, 1.165) is 10.0 Å². The second kappa shape index (κ2) is 7.04. The highest BCUT2D eigenvalue weighted by molar-refractivity contribution is 9.10. The van der Waals surface area contributed by atoms with Crippen LogP contribution in [0.25, 0.3) is 0 Å². The van der Waals surface area contributed by atoms with Gasteiger partial charge in [-0.05, 0) is 24.6 Å². The first-order valence-corrected chi connectivity index (χ1v) is 7.54. The van der Waals surface area contributed by atoms with Gasteiger partial charge in [0.15, 0.2) is 0 Å². The highest BCUT2D eigenvalue weighted by Crippen LogP contribution is 2.20.